The minimum absolute atomic E-state index is 0.170. The summed E-state index contributed by atoms with van der Waals surface area (Å²) < 4.78 is 0. The number of aromatic nitrogens is 2. The molecule has 1 rings (SSSR count). The largest absolute Gasteiger partial charge is 0.370 e. The van der Waals surface area contributed by atoms with E-state index in [2.05, 4.69) is 15.3 Å². The van der Waals surface area contributed by atoms with Crippen LogP contribution in [0.3, 0.4) is 0 Å². The second-order valence-corrected chi connectivity index (χ2v) is 2.69. The van der Waals surface area contributed by atoms with Crippen molar-refractivity contribution >= 4 is 23.3 Å². The minimum atomic E-state index is -0.354. The van der Waals surface area contributed by atoms with Gasteiger partial charge in [0.15, 0.2) is 0 Å². The van der Waals surface area contributed by atoms with E-state index in [1.165, 1.54) is 6.20 Å². The van der Waals surface area contributed by atoms with Crippen LogP contribution in [0.25, 0.3) is 0 Å². The van der Waals surface area contributed by atoms with Gasteiger partial charge in [-0.2, -0.15) is 0 Å². The first-order valence-electron chi connectivity index (χ1n) is 3.69. The van der Waals surface area contributed by atoms with Crippen molar-refractivity contribution in [3.05, 3.63) is 17.5 Å². The van der Waals surface area contributed by atoms with Crippen molar-refractivity contribution in [2.75, 3.05) is 11.9 Å². The Balaban J connectivity index is 2.41. The average molecular weight is 201 g/mol. The van der Waals surface area contributed by atoms with E-state index in [1.807, 2.05) is 0 Å². The van der Waals surface area contributed by atoms with E-state index in [0.29, 0.717) is 12.4 Å². The van der Waals surface area contributed by atoms with Gasteiger partial charge in [-0.05, 0) is 17.7 Å². The van der Waals surface area contributed by atoms with Gasteiger partial charge in [0.25, 0.3) is 0 Å². The molecule has 0 saturated heterocycles. The van der Waals surface area contributed by atoms with Crippen LogP contribution in [0.5, 0.6) is 0 Å². The zero-order chi connectivity index (χ0) is 9.68. The van der Waals surface area contributed by atoms with Crippen LogP contribution in [0.1, 0.15) is 6.42 Å². The van der Waals surface area contributed by atoms with Crippen LogP contribution >= 0.6 is 11.6 Å². The molecule has 0 aromatic carbocycles. The molecule has 0 radical (unpaired) electrons. The van der Waals surface area contributed by atoms with Crippen molar-refractivity contribution in [2.24, 2.45) is 5.73 Å². The van der Waals surface area contributed by atoms with E-state index in [9.17, 15) is 4.79 Å². The predicted octanol–water partition coefficient (Wildman–Crippen LogP) is 0.417. The first kappa shape index (κ1) is 9.73. The fourth-order valence-corrected chi connectivity index (χ4v) is 0.895. The van der Waals surface area contributed by atoms with Crippen LogP contribution in [-0.2, 0) is 4.79 Å². The Morgan fingerprint density at radius 3 is 3.08 bits per heavy atom. The summed E-state index contributed by atoms with van der Waals surface area (Å²) in [5.74, 6) is 0.230. The predicted molar refractivity (Wildman–Crippen MR) is 49.3 cm³/mol. The summed E-state index contributed by atoms with van der Waals surface area (Å²) in [5, 5.41) is 3.05. The van der Waals surface area contributed by atoms with Crippen LogP contribution in [-0.4, -0.2) is 22.4 Å². The fraction of sp³-hybridized carbons (Fsp3) is 0.286. The normalized spacial score (nSPS) is 9.62. The van der Waals surface area contributed by atoms with Gasteiger partial charge in [-0.1, -0.05) is 0 Å². The highest BCUT2D eigenvalue weighted by Crippen LogP contribution is 2.05. The molecule has 1 aromatic heterocycles. The Kier molecular flexibility index (Phi) is 3.45. The summed E-state index contributed by atoms with van der Waals surface area (Å²) in [5.41, 5.74) is 4.95. The van der Waals surface area contributed by atoms with Gasteiger partial charge in [0, 0.05) is 19.2 Å². The van der Waals surface area contributed by atoms with Gasteiger partial charge in [-0.3, -0.25) is 4.79 Å². The zero-order valence-corrected chi connectivity index (χ0v) is 7.58. The van der Waals surface area contributed by atoms with Crippen molar-refractivity contribution in [3.63, 3.8) is 0 Å². The van der Waals surface area contributed by atoms with Crippen molar-refractivity contribution in [1.29, 1.82) is 0 Å². The lowest BCUT2D eigenvalue weighted by Gasteiger charge is -2.02. The number of anilines is 1. The summed E-state index contributed by atoms with van der Waals surface area (Å²) in [6, 6.07) is 1.66. The molecule has 0 aliphatic rings. The van der Waals surface area contributed by atoms with Gasteiger partial charge >= 0.3 is 0 Å². The molecule has 0 fully saturated rings. The Bertz CT molecular complexity index is 304. The molecule has 0 atom stereocenters. The number of nitrogens with two attached hydrogens (primary N) is 1. The van der Waals surface area contributed by atoms with Crippen LogP contribution < -0.4 is 11.1 Å². The molecule has 1 heterocycles. The number of rotatable bonds is 4. The highest BCUT2D eigenvalue weighted by Gasteiger charge is 1.96. The molecule has 0 aliphatic heterocycles. The van der Waals surface area contributed by atoms with Gasteiger partial charge in [0.2, 0.25) is 11.2 Å². The molecule has 0 spiro atoms. The van der Waals surface area contributed by atoms with E-state index < -0.39 is 0 Å². The molecule has 6 heteroatoms. The minimum Gasteiger partial charge on any atom is -0.370 e. The third-order valence-corrected chi connectivity index (χ3v) is 1.49. The number of nitrogens with zero attached hydrogens (tertiary/aromatic N) is 2. The molecule has 0 bridgehead atoms. The van der Waals surface area contributed by atoms with Gasteiger partial charge in [-0.25, -0.2) is 9.97 Å². The third-order valence-electron chi connectivity index (χ3n) is 1.30. The summed E-state index contributed by atoms with van der Waals surface area (Å²) in [6.45, 7) is 0.447. The number of hydrogen-bond acceptors (Lipinski definition) is 4. The molecular weight excluding hydrogens is 192 g/mol. The van der Waals surface area contributed by atoms with Crippen molar-refractivity contribution in [2.45, 2.75) is 6.42 Å². The Morgan fingerprint density at radius 2 is 2.46 bits per heavy atom. The van der Waals surface area contributed by atoms with Crippen LogP contribution in [0.4, 0.5) is 5.82 Å². The Hall–Kier alpha value is -1.36. The number of amides is 1. The molecule has 1 amide bonds. The highest BCUT2D eigenvalue weighted by atomic mass is 35.5. The smallest absolute Gasteiger partial charge is 0.224 e. The standard InChI is InChI=1S/C7H9ClN4O/c8-7-11-4-2-6(12-7)10-3-1-5(9)13/h2,4H,1,3H2,(H2,9,13)(H,10,11,12). The molecule has 3 N–H and O–H groups in total. The molecule has 1 aromatic rings. The van der Waals surface area contributed by atoms with E-state index in [1.54, 1.807) is 6.07 Å². The third kappa shape index (κ3) is 3.71. The van der Waals surface area contributed by atoms with Crippen molar-refractivity contribution < 1.29 is 4.79 Å². The monoisotopic (exact) mass is 200 g/mol. The van der Waals surface area contributed by atoms with Crippen molar-refractivity contribution in [3.8, 4) is 0 Å². The molecule has 0 saturated carbocycles. The second-order valence-electron chi connectivity index (χ2n) is 2.35. The van der Waals surface area contributed by atoms with Gasteiger partial charge in [0.05, 0.1) is 0 Å². The molecule has 5 nitrogen and oxygen atoms in total. The Labute approximate surface area is 80.3 Å². The molecule has 70 valence electrons. The van der Waals surface area contributed by atoms with Crippen LogP contribution in [0.2, 0.25) is 5.28 Å². The summed E-state index contributed by atoms with van der Waals surface area (Å²) >= 11 is 5.53. The number of carbonyl (C=O) groups is 1. The van der Waals surface area contributed by atoms with Crippen molar-refractivity contribution in [1.82, 2.24) is 9.97 Å². The lowest BCUT2D eigenvalue weighted by atomic mass is 10.4. The maximum absolute atomic E-state index is 10.4. The lowest BCUT2D eigenvalue weighted by molar-refractivity contribution is -0.117. The molecule has 13 heavy (non-hydrogen) atoms. The number of carbonyl (C=O) groups excluding carboxylic acids is 1. The molecule has 0 aliphatic carbocycles. The number of nitrogens with one attached hydrogen (secondary N) is 1. The SMILES string of the molecule is NC(=O)CCNc1ccnc(Cl)n1. The van der Waals surface area contributed by atoms with Gasteiger partial charge in [-0.15, -0.1) is 0 Å². The molecule has 0 unspecified atom stereocenters. The number of halogens is 1. The lowest BCUT2D eigenvalue weighted by Crippen LogP contribution is -2.16. The summed E-state index contributed by atoms with van der Waals surface area (Å²) in [7, 11) is 0. The highest BCUT2D eigenvalue weighted by molar-refractivity contribution is 6.28. The summed E-state index contributed by atoms with van der Waals surface area (Å²) in [4.78, 5) is 17.9. The average Bonchev–Trinajstić information content (AvgIpc) is 2.03. The Morgan fingerprint density at radius 1 is 1.69 bits per heavy atom. The quantitative estimate of drug-likeness (QED) is 0.691. The molecular formula is C7H9ClN4O. The van der Waals surface area contributed by atoms with E-state index >= 15 is 0 Å². The second kappa shape index (κ2) is 4.61. The van der Waals surface area contributed by atoms with E-state index in [-0.39, 0.29) is 17.6 Å². The van der Waals surface area contributed by atoms with Crippen LogP contribution in [0.15, 0.2) is 12.3 Å². The topological polar surface area (TPSA) is 80.9 Å². The first-order chi connectivity index (χ1) is 6.18. The zero-order valence-electron chi connectivity index (χ0n) is 6.83. The maximum atomic E-state index is 10.4. The van der Waals surface area contributed by atoms with Crippen LogP contribution in [0, 0.1) is 0 Å². The maximum Gasteiger partial charge on any atom is 0.224 e. The van der Waals surface area contributed by atoms with E-state index in [0.717, 1.165) is 0 Å². The first-order valence-corrected chi connectivity index (χ1v) is 4.07. The number of hydrogen-bond donors (Lipinski definition) is 2. The summed E-state index contributed by atoms with van der Waals surface area (Å²) in [6.07, 6.45) is 1.80. The van der Waals surface area contributed by atoms with Gasteiger partial charge in [0.1, 0.15) is 5.82 Å². The number of primary amides is 1. The van der Waals surface area contributed by atoms with E-state index in [4.69, 9.17) is 17.3 Å². The fourth-order valence-electron chi connectivity index (χ4n) is 0.747. The van der Waals surface area contributed by atoms with Gasteiger partial charge < -0.3 is 11.1 Å².